The number of anilines is 3. The molecule has 4 amide bonds. The molecule has 0 atom stereocenters. The average Bonchev–Trinajstić information content (AvgIpc) is 3.49. The molecule has 0 bridgehead atoms. The Bertz CT molecular complexity index is 1780. The standard InChI is InChI=1S/C38H35N3O4/c42-35-30-20-18-27(22-32(30)37(44)40(35)25-12-3-1-4-13-25)39(34-17-9-11-24-10-7-8-16-29(24)34)28-19-21-31-33(23-28)38(45)41(36(31)43)26-14-5-2-6-15-26/h7-11,16-23,25-26H,1-6,12-15H2. The van der Waals surface area contributed by atoms with Gasteiger partial charge in [-0.1, -0.05) is 74.9 Å². The zero-order valence-electron chi connectivity index (χ0n) is 25.2. The highest BCUT2D eigenvalue weighted by atomic mass is 16.2. The number of nitrogens with zero attached hydrogens (tertiary/aromatic N) is 3. The van der Waals surface area contributed by atoms with Gasteiger partial charge in [0.05, 0.1) is 27.9 Å². The molecule has 0 saturated heterocycles. The summed E-state index contributed by atoms with van der Waals surface area (Å²) in [5.41, 5.74) is 3.97. The van der Waals surface area contributed by atoms with E-state index in [-0.39, 0.29) is 35.7 Å². The fourth-order valence-corrected chi connectivity index (χ4v) is 7.95. The van der Waals surface area contributed by atoms with Gasteiger partial charge in [-0.25, -0.2) is 0 Å². The Morgan fingerprint density at radius 3 is 1.49 bits per heavy atom. The number of hydrogen-bond acceptors (Lipinski definition) is 5. The van der Waals surface area contributed by atoms with Crippen LogP contribution in [0.25, 0.3) is 10.8 Å². The van der Waals surface area contributed by atoms with Gasteiger partial charge >= 0.3 is 0 Å². The summed E-state index contributed by atoms with van der Waals surface area (Å²) >= 11 is 0. The maximum atomic E-state index is 13.8. The Kier molecular flexibility index (Phi) is 6.77. The van der Waals surface area contributed by atoms with Crippen molar-refractivity contribution in [3.05, 3.63) is 101 Å². The molecule has 2 aliphatic carbocycles. The molecule has 2 aliphatic heterocycles. The summed E-state index contributed by atoms with van der Waals surface area (Å²) < 4.78 is 0. The van der Waals surface area contributed by atoms with Crippen LogP contribution >= 0.6 is 0 Å². The molecule has 4 aliphatic rings. The smallest absolute Gasteiger partial charge is 0.261 e. The molecular weight excluding hydrogens is 562 g/mol. The van der Waals surface area contributed by atoms with E-state index < -0.39 is 0 Å². The average molecular weight is 598 g/mol. The first-order chi connectivity index (χ1) is 22.0. The molecule has 4 aromatic rings. The van der Waals surface area contributed by atoms with Crippen LogP contribution in [0.15, 0.2) is 78.9 Å². The first-order valence-corrected chi connectivity index (χ1v) is 16.3. The lowest BCUT2D eigenvalue weighted by Gasteiger charge is -2.29. The van der Waals surface area contributed by atoms with Crippen LogP contribution in [0, 0.1) is 0 Å². The van der Waals surface area contributed by atoms with E-state index in [2.05, 4.69) is 18.2 Å². The summed E-state index contributed by atoms with van der Waals surface area (Å²) in [6.07, 6.45) is 9.76. The van der Waals surface area contributed by atoms with Crippen LogP contribution in [-0.2, 0) is 0 Å². The monoisotopic (exact) mass is 597 g/mol. The van der Waals surface area contributed by atoms with Gasteiger partial charge in [0.15, 0.2) is 0 Å². The molecule has 0 radical (unpaired) electrons. The van der Waals surface area contributed by atoms with E-state index >= 15 is 0 Å². The number of carbonyl (C=O) groups is 4. The molecule has 0 aromatic heterocycles. The van der Waals surface area contributed by atoms with Crippen molar-refractivity contribution in [2.45, 2.75) is 76.3 Å². The second-order valence-corrected chi connectivity index (χ2v) is 12.8. The second-order valence-electron chi connectivity index (χ2n) is 12.8. The lowest BCUT2D eigenvalue weighted by molar-refractivity contribution is 0.0533. The van der Waals surface area contributed by atoms with Crippen molar-refractivity contribution in [1.82, 2.24) is 9.80 Å². The van der Waals surface area contributed by atoms with Crippen molar-refractivity contribution in [1.29, 1.82) is 0 Å². The van der Waals surface area contributed by atoms with Gasteiger partial charge in [-0.3, -0.25) is 29.0 Å². The van der Waals surface area contributed by atoms with Crippen LogP contribution in [-0.4, -0.2) is 45.5 Å². The van der Waals surface area contributed by atoms with E-state index in [1.54, 1.807) is 12.1 Å². The van der Waals surface area contributed by atoms with Crippen molar-refractivity contribution in [2.75, 3.05) is 4.90 Å². The normalized spacial score (nSPS) is 19.0. The minimum Gasteiger partial charge on any atom is -0.310 e. The molecule has 0 spiro atoms. The van der Waals surface area contributed by atoms with E-state index in [4.69, 9.17) is 0 Å². The van der Waals surface area contributed by atoms with Crippen molar-refractivity contribution in [3.63, 3.8) is 0 Å². The molecule has 45 heavy (non-hydrogen) atoms. The fourth-order valence-electron chi connectivity index (χ4n) is 7.95. The summed E-state index contributed by atoms with van der Waals surface area (Å²) in [5, 5.41) is 2.05. The molecule has 0 unspecified atom stereocenters. The second kappa shape index (κ2) is 11.0. The maximum Gasteiger partial charge on any atom is 0.261 e. The Morgan fingerprint density at radius 2 is 0.956 bits per heavy atom. The Labute approximate surface area is 262 Å². The predicted molar refractivity (Wildman–Crippen MR) is 173 cm³/mol. The molecule has 7 heteroatoms. The zero-order chi connectivity index (χ0) is 30.7. The molecule has 2 saturated carbocycles. The van der Waals surface area contributed by atoms with Crippen LogP contribution < -0.4 is 4.90 Å². The molecule has 2 fully saturated rings. The maximum absolute atomic E-state index is 13.8. The van der Waals surface area contributed by atoms with Crippen molar-refractivity contribution >= 4 is 51.5 Å². The summed E-state index contributed by atoms with van der Waals surface area (Å²) in [5.74, 6) is -0.900. The van der Waals surface area contributed by atoms with Gasteiger partial charge in [0, 0.05) is 28.8 Å². The van der Waals surface area contributed by atoms with E-state index in [1.807, 2.05) is 53.4 Å². The summed E-state index contributed by atoms with van der Waals surface area (Å²) in [6.45, 7) is 0. The minimum absolute atomic E-state index is 0.0591. The number of carbonyl (C=O) groups excluding carboxylic acids is 4. The fraction of sp³-hybridized carbons (Fsp3) is 0.316. The van der Waals surface area contributed by atoms with Gasteiger partial charge in [0.25, 0.3) is 23.6 Å². The highest BCUT2D eigenvalue weighted by Crippen LogP contribution is 2.43. The van der Waals surface area contributed by atoms with Crippen LogP contribution in [0.3, 0.4) is 0 Å². The van der Waals surface area contributed by atoms with E-state index in [9.17, 15) is 19.2 Å². The lowest BCUT2D eigenvalue weighted by atomic mass is 9.94. The molecule has 2 heterocycles. The van der Waals surface area contributed by atoms with Gasteiger partial charge in [-0.15, -0.1) is 0 Å². The molecule has 7 nitrogen and oxygen atoms in total. The highest BCUT2D eigenvalue weighted by Gasteiger charge is 2.42. The number of hydrogen-bond donors (Lipinski definition) is 0. The molecule has 8 rings (SSSR count). The first-order valence-electron chi connectivity index (χ1n) is 16.3. The minimum atomic E-state index is -0.237. The van der Waals surface area contributed by atoms with Crippen LogP contribution in [0.4, 0.5) is 17.1 Å². The molecule has 226 valence electrons. The number of imide groups is 2. The number of amides is 4. The third-order valence-corrected chi connectivity index (χ3v) is 10.2. The number of rotatable bonds is 5. The third-order valence-electron chi connectivity index (χ3n) is 10.2. The van der Waals surface area contributed by atoms with Gasteiger partial charge in [0.2, 0.25) is 0 Å². The third kappa shape index (κ3) is 4.47. The summed E-state index contributed by atoms with van der Waals surface area (Å²) in [7, 11) is 0. The predicted octanol–water partition coefficient (Wildman–Crippen LogP) is 8.17. The number of benzene rings is 4. The van der Waals surface area contributed by atoms with E-state index in [0.29, 0.717) is 33.6 Å². The number of fused-ring (bicyclic) bond motifs is 3. The van der Waals surface area contributed by atoms with Crippen LogP contribution in [0.2, 0.25) is 0 Å². The SMILES string of the molecule is O=C1c2ccc(N(c3ccc4c(c3)C(=O)N(C3CCCCC3)C4=O)c3cccc4ccccc34)cc2C(=O)N1C1CCCCC1. The van der Waals surface area contributed by atoms with Gasteiger partial charge in [-0.05, 0) is 73.5 Å². The van der Waals surface area contributed by atoms with Crippen molar-refractivity contribution < 1.29 is 19.2 Å². The van der Waals surface area contributed by atoms with Gasteiger partial charge in [-0.2, -0.15) is 0 Å². The molecule has 4 aromatic carbocycles. The van der Waals surface area contributed by atoms with Crippen LogP contribution in [0.5, 0.6) is 0 Å². The van der Waals surface area contributed by atoms with Crippen molar-refractivity contribution in [3.8, 4) is 0 Å². The molecule has 0 N–H and O–H groups in total. The van der Waals surface area contributed by atoms with Crippen molar-refractivity contribution in [2.24, 2.45) is 0 Å². The zero-order valence-corrected chi connectivity index (χ0v) is 25.2. The van der Waals surface area contributed by atoms with E-state index in [0.717, 1.165) is 80.7 Å². The van der Waals surface area contributed by atoms with Gasteiger partial charge < -0.3 is 4.90 Å². The van der Waals surface area contributed by atoms with E-state index in [1.165, 1.54) is 9.80 Å². The largest absolute Gasteiger partial charge is 0.310 e. The summed E-state index contributed by atoms with van der Waals surface area (Å²) in [4.78, 5) is 59.5. The van der Waals surface area contributed by atoms with Crippen LogP contribution in [0.1, 0.15) is 106 Å². The Morgan fingerprint density at radius 1 is 0.489 bits per heavy atom. The quantitative estimate of drug-likeness (QED) is 0.217. The lowest BCUT2D eigenvalue weighted by Crippen LogP contribution is -2.40. The first kappa shape index (κ1) is 27.7. The van der Waals surface area contributed by atoms with Gasteiger partial charge in [0.1, 0.15) is 0 Å². The Hall–Kier alpha value is -4.78. The molecular formula is C38H35N3O4. The topological polar surface area (TPSA) is 78.0 Å². The summed E-state index contributed by atoms with van der Waals surface area (Å²) in [6, 6.07) is 24.9. The Balaban J connectivity index is 1.24. The highest BCUT2D eigenvalue weighted by molar-refractivity contribution is 6.23.